The maximum atomic E-state index is 13.0. The van der Waals surface area contributed by atoms with Gasteiger partial charge in [-0.25, -0.2) is 0 Å². The van der Waals surface area contributed by atoms with E-state index in [1.807, 2.05) is 36.9 Å². The van der Waals surface area contributed by atoms with Crippen molar-refractivity contribution >= 4 is 17.5 Å². The second-order valence-corrected chi connectivity index (χ2v) is 12.1. The molecule has 6 rings (SSSR count). The normalized spacial score (nSPS) is 30.7. The van der Waals surface area contributed by atoms with Gasteiger partial charge in [-0.05, 0) is 93.7 Å². The fraction of sp³-hybridized carbons (Fsp3) is 0.714. The molecule has 4 saturated carbocycles. The van der Waals surface area contributed by atoms with Crippen LogP contribution >= 0.6 is 0 Å². The van der Waals surface area contributed by atoms with Gasteiger partial charge in [0.1, 0.15) is 0 Å². The molecule has 5 aliphatic rings. The number of rotatable bonds is 7. The Labute approximate surface area is 205 Å². The van der Waals surface area contributed by atoms with Crippen molar-refractivity contribution in [2.75, 3.05) is 58.2 Å². The van der Waals surface area contributed by atoms with Crippen LogP contribution in [0.4, 0.5) is 5.69 Å². The monoisotopic (exact) mass is 466 g/mol. The molecule has 1 aliphatic heterocycles. The van der Waals surface area contributed by atoms with Gasteiger partial charge in [0.05, 0.1) is 13.1 Å². The summed E-state index contributed by atoms with van der Waals surface area (Å²) in [6.07, 6.45) is 8.57. The fourth-order valence-corrected chi connectivity index (χ4v) is 7.99. The zero-order valence-electron chi connectivity index (χ0n) is 21.3. The number of anilines is 1. The first-order valence-electron chi connectivity index (χ1n) is 13.3. The lowest BCUT2D eigenvalue weighted by Gasteiger charge is -2.57. The number of benzene rings is 1. The van der Waals surface area contributed by atoms with Crippen molar-refractivity contribution in [2.24, 2.45) is 23.2 Å². The highest BCUT2D eigenvalue weighted by Crippen LogP contribution is 2.60. The van der Waals surface area contributed by atoms with E-state index in [9.17, 15) is 9.59 Å². The van der Waals surface area contributed by atoms with Gasteiger partial charge < -0.3 is 10.2 Å². The van der Waals surface area contributed by atoms with Crippen molar-refractivity contribution in [2.45, 2.75) is 52.4 Å². The number of likely N-dealkylation sites (N-methyl/N-ethyl adjacent to an activating group) is 1. The second kappa shape index (κ2) is 9.62. The minimum atomic E-state index is 0.0208. The van der Waals surface area contributed by atoms with Gasteiger partial charge in [-0.15, -0.1) is 0 Å². The molecule has 0 unspecified atom stereocenters. The minimum absolute atomic E-state index is 0.0208. The van der Waals surface area contributed by atoms with Gasteiger partial charge in [-0.1, -0.05) is 18.2 Å². The Hall–Kier alpha value is -1.92. The molecule has 1 N–H and O–H groups in total. The molecular formula is C28H42N4O2. The smallest absolute Gasteiger partial charge is 0.238 e. The highest BCUT2D eigenvalue weighted by atomic mass is 16.2. The number of amides is 2. The molecule has 0 atom stereocenters. The molecule has 6 heteroatoms. The van der Waals surface area contributed by atoms with Crippen molar-refractivity contribution in [1.82, 2.24) is 14.7 Å². The van der Waals surface area contributed by atoms with Crippen LogP contribution < -0.4 is 5.32 Å². The zero-order chi connectivity index (χ0) is 23.9. The van der Waals surface area contributed by atoms with E-state index < -0.39 is 0 Å². The number of piperazine rings is 1. The molecule has 6 nitrogen and oxygen atoms in total. The Balaban J connectivity index is 1.06. The Morgan fingerprint density at radius 2 is 1.53 bits per heavy atom. The first-order chi connectivity index (χ1) is 16.3. The van der Waals surface area contributed by atoms with Gasteiger partial charge in [0.2, 0.25) is 11.8 Å². The molecular weight excluding hydrogens is 424 g/mol. The molecule has 186 valence electrons. The summed E-state index contributed by atoms with van der Waals surface area (Å²) in [4.78, 5) is 32.1. The van der Waals surface area contributed by atoms with E-state index in [2.05, 4.69) is 22.2 Å². The first kappa shape index (κ1) is 23.8. The van der Waals surface area contributed by atoms with E-state index in [4.69, 9.17) is 0 Å². The lowest BCUT2D eigenvalue weighted by atomic mass is 9.49. The summed E-state index contributed by atoms with van der Waals surface area (Å²) in [6.45, 7) is 8.95. The number of hydrogen-bond acceptors (Lipinski definition) is 4. The Morgan fingerprint density at radius 1 is 0.971 bits per heavy atom. The van der Waals surface area contributed by atoms with Crippen LogP contribution in [0.15, 0.2) is 18.2 Å². The van der Waals surface area contributed by atoms with Gasteiger partial charge in [-0.2, -0.15) is 0 Å². The molecule has 0 spiro atoms. The number of nitrogens with one attached hydrogen (secondary N) is 1. The van der Waals surface area contributed by atoms with E-state index in [0.717, 1.165) is 54.2 Å². The molecule has 1 aromatic carbocycles. The van der Waals surface area contributed by atoms with Crippen molar-refractivity contribution in [3.63, 3.8) is 0 Å². The van der Waals surface area contributed by atoms with E-state index in [0.29, 0.717) is 31.6 Å². The maximum absolute atomic E-state index is 13.0. The van der Waals surface area contributed by atoms with Crippen molar-refractivity contribution in [1.29, 1.82) is 0 Å². The summed E-state index contributed by atoms with van der Waals surface area (Å²) in [6, 6.07) is 6.05. The lowest BCUT2D eigenvalue weighted by molar-refractivity contribution is -0.135. The van der Waals surface area contributed by atoms with Gasteiger partial charge in [0.15, 0.2) is 0 Å². The maximum Gasteiger partial charge on any atom is 0.238 e. The van der Waals surface area contributed by atoms with E-state index >= 15 is 0 Å². The predicted molar refractivity (Wildman–Crippen MR) is 136 cm³/mol. The molecule has 2 amide bonds. The highest BCUT2D eigenvalue weighted by Gasteiger charge is 2.51. The molecule has 1 saturated heterocycles. The van der Waals surface area contributed by atoms with Crippen LogP contribution in [0, 0.1) is 37.0 Å². The van der Waals surface area contributed by atoms with E-state index in [1.165, 1.54) is 38.5 Å². The van der Waals surface area contributed by atoms with Crippen LogP contribution in [-0.4, -0.2) is 79.4 Å². The molecule has 4 bridgehead atoms. The average molecular weight is 467 g/mol. The van der Waals surface area contributed by atoms with E-state index in [1.54, 1.807) is 0 Å². The summed E-state index contributed by atoms with van der Waals surface area (Å²) in [5.41, 5.74) is 3.57. The lowest BCUT2D eigenvalue weighted by Crippen LogP contribution is -2.54. The molecule has 5 fully saturated rings. The molecule has 4 aliphatic carbocycles. The first-order valence-corrected chi connectivity index (χ1v) is 13.3. The number of carbonyl (C=O) groups is 2. The molecule has 1 aromatic rings. The molecule has 1 heterocycles. The van der Waals surface area contributed by atoms with Crippen molar-refractivity contribution in [3.8, 4) is 0 Å². The number of nitrogens with zero attached hydrogens (tertiary/aromatic N) is 3. The summed E-state index contributed by atoms with van der Waals surface area (Å²) in [5, 5.41) is 3.08. The Morgan fingerprint density at radius 3 is 2.09 bits per heavy atom. The summed E-state index contributed by atoms with van der Waals surface area (Å²) < 4.78 is 0. The van der Waals surface area contributed by atoms with Crippen LogP contribution in [-0.2, 0) is 9.59 Å². The van der Waals surface area contributed by atoms with Crippen molar-refractivity contribution < 1.29 is 9.59 Å². The SMILES string of the molecule is Cc1cccc(C)c1NC(=O)CN1CCN(C(=O)CN(C)CC23CC4CC(CC(C4)C2)C3)CC1. The summed E-state index contributed by atoms with van der Waals surface area (Å²) >= 11 is 0. The van der Waals surface area contributed by atoms with Crippen LogP contribution in [0.2, 0.25) is 0 Å². The second-order valence-electron chi connectivity index (χ2n) is 12.1. The van der Waals surface area contributed by atoms with Gasteiger partial charge in [0, 0.05) is 38.4 Å². The third kappa shape index (κ3) is 5.18. The highest BCUT2D eigenvalue weighted by molar-refractivity contribution is 5.93. The topological polar surface area (TPSA) is 55.9 Å². The third-order valence-electron chi connectivity index (χ3n) is 9.01. The van der Waals surface area contributed by atoms with Gasteiger partial charge in [-0.3, -0.25) is 19.4 Å². The van der Waals surface area contributed by atoms with Crippen LogP contribution in [0.3, 0.4) is 0 Å². The number of carbonyl (C=O) groups excluding carboxylic acids is 2. The Bertz CT molecular complexity index is 865. The van der Waals surface area contributed by atoms with Crippen LogP contribution in [0.25, 0.3) is 0 Å². The number of hydrogen-bond donors (Lipinski definition) is 1. The zero-order valence-corrected chi connectivity index (χ0v) is 21.3. The quantitative estimate of drug-likeness (QED) is 0.668. The largest absolute Gasteiger partial charge is 0.339 e. The standard InChI is InChI=1S/C28H42N4O2/c1-20-5-4-6-21(2)27(20)29-25(33)17-31-7-9-32(10-8-31)26(34)18-30(3)19-28-14-22-11-23(15-28)13-24(12-22)16-28/h4-6,22-24H,7-19H2,1-3H3,(H,29,33). The summed E-state index contributed by atoms with van der Waals surface area (Å²) in [7, 11) is 2.14. The van der Waals surface area contributed by atoms with Gasteiger partial charge in [0.25, 0.3) is 0 Å². The third-order valence-corrected chi connectivity index (χ3v) is 9.01. The van der Waals surface area contributed by atoms with Crippen LogP contribution in [0.5, 0.6) is 0 Å². The average Bonchev–Trinajstić information content (AvgIpc) is 2.75. The van der Waals surface area contributed by atoms with Crippen molar-refractivity contribution in [3.05, 3.63) is 29.3 Å². The van der Waals surface area contributed by atoms with E-state index in [-0.39, 0.29) is 11.8 Å². The van der Waals surface area contributed by atoms with Crippen LogP contribution in [0.1, 0.15) is 49.7 Å². The Kier molecular flexibility index (Phi) is 6.73. The number of aryl methyl sites for hydroxylation is 2. The molecule has 0 aromatic heterocycles. The number of para-hydroxylation sites is 1. The predicted octanol–water partition coefficient (Wildman–Crippen LogP) is 3.53. The molecule has 0 radical (unpaired) electrons. The molecule has 34 heavy (non-hydrogen) atoms. The summed E-state index contributed by atoms with van der Waals surface area (Å²) in [5.74, 6) is 3.13. The fourth-order valence-electron chi connectivity index (χ4n) is 7.99. The van der Waals surface area contributed by atoms with Gasteiger partial charge >= 0.3 is 0 Å². The minimum Gasteiger partial charge on any atom is -0.339 e.